The number of rotatable bonds is 4. The molecule has 0 radical (unpaired) electrons. The molecule has 7 nitrogen and oxygen atoms in total. The van der Waals surface area contributed by atoms with Crippen molar-refractivity contribution in [3.8, 4) is 0 Å². The molecular weight excluding hydrogens is 210 g/mol. The van der Waals surface area contributed by atoms with E-state index >= 15 is 0 Å². The van der Waals surface area contributed by atoms with Crippen molar-refractivity contribution in [1.29, 1.82) is 0 Å². The minimum Gasteiger partial charge on any atom is -0.361 e. The number of hydrogen-bond acceptors (Lipinski definition) is 6. The highest BCUT2D eigenvalue weighted by atomic mass is 16.6. The summed E-state index contributed by atoms with van der Waals surface area (Å²) in [4.78, 5) is 18.2. The lowest BCUT2D eigenvalue weighted by molar-refractivity contribution is -0.384. The van der Waals surface area contributed by atoms with Crippen LogP contribution in [-0.2, 0) is 0 Å². The van der Waals surface area contributed by atoms with Gasteiger partial charge in [-0.3, -0.25) is 10.1 Å². The SMILES string of the molecule is CNc1ncc([N+](=O)[O-])c(NC2CC2C)n1. The molecule has 86 valence electrons. The molecule has 2 N–H and O–H groups in total. The lowest BCUT2D eigenvalue weighted by Crippen LogP contribution is -2.10. The Kier molecular flexibility index (Phi) is 2.59. The van der Waals surface area contributed by atoms with Gasteiger partial charge >= 0.3 is 5.69 Å². The van der Waals surface area contributed by atoms with E-state index in [1.165, 1.54) is 6.20 Å². The van der Waals surface area contributed by atoms with Crippen LogP contribution >= 0.6 is 0 Å². The summed E-state index contributed by atoms with van der Waals surface area (Å²) in [5, 5.41) is 16.6. The predicted molar refractivity (Wildman–Crippen MR) is 59.4 cm³/mol. The predicted octanol–water partition coefficient (Wildman–Crippen LogP) is 1.25. The maximum Gasteiger partial charge on any atom is 0.329 e. The van der Waals surface area contributed by atoms with Crippen LogP contribution in [0.5, 0.6) is 0 Å². The van der Waals surface area contributed by atoms with E-state index in [-0.39, 0.29) is 5.69 Å². The Morgan fingerprint density at radius 1 is 1.62 bits per heavy atom. The maximum absolute atomic E-state index is 10.8. The molecule has 1 aliphatic rings. The summed E-state index contributed by atoms with van der Waals surface area (Å²) in [7, 11) is 1.67. The Morgan fingerprint density at radius 3 is 2.81 bits per heavy atom. The highest BCUT2D eigenvalue weighted by molar-refractivity contribution is 5.58. The smallest absolute Gasteiger partial charge is 0.329 e. The van der Waals surface area contributed by atoms with E-state index in [2.05, 4.69) is 27.5 Å². The molecule has 1 aromatic rings. The molecule has 1 fully saturated rings. The van der Waals surface area contributed by atoms with Crippen molar-refractivity contribution in [2.75, 3.05) is 17.7 Å². The molecule has 7 heteroatoms. The van der Waals surface area contributed by atoms with Crippen LogP contribution in [0.25, 0.3) is 0 Å². The average molecular weight is 223 g/mol. The average Bonchev–Trinajstić information content (AvgIpc) is 2.93. The fourth-order valence-corrected chi connectivity index (χ4v) is 1.43. The van der Waals surface area contributed by atoms with Crippen molar-refractivity contribution >= 4 is 17.5 Å². The van der Waals surface area contributed by atoms with E-state index in [1.54, 1.807) is 7.05 Å². The van der Waals surface area contributed by atoms with E-state index in [0.717, 1.165) is 6.42 Å². The first-order valence-electron chi connectivity index (χ1n) is 5.07. The van der Waals surface area contributed by atoms with Crippen LogP contribution in [0.3, 0.4) is 0 Å². The fourth-order valence-electron chi connectivity index (χ4n) is 1.43. The summed E-state index contributed by atoms with van der Waals surface area (Å²) in [6.07, 6.45) is 2.24. The van der Waals surface area contributed by atoms with Crippen LogP contribution in [0.1, 0.15) is 13.3 Å². The van der Waals surface area contributed by atoms with Crippen molar-refractivity contribution in [2.24, 2.45) is 5.92 Å². The Balaban J connectivity index is 2.26. The number of anilines is 2. The summed E-state index contributed by atoms with van der Waals surface area (Å²) in [5.74, 6) is 1.22. The summed E-state index contributed by atoms with van der Waals surface area (Å²) >= 11 is 0. The number of aromatic nitrogens is 2. The molecule has 0 bridgehead atoms. The Labute approximate surface area is 92.4 Å². The number of nitro groups is 1. The first kappa shape index (κ1) is 10.6. The topological polar surface area (TPSA) is 93.0 Å². The summed E-state index contributed by atoms with van der Waals surface area (Å²) in [6, 6.07) is 0.290. The normalized spacial score (nSPS) is 22.6. The third-order valence-corrected chi connectivity index (χ3v) is 2.62. The van der Waals surface area contributed by atoms with Crippen LogP contribution in [-0.4, -0.2) is 28.0 Å². The van der Waals surface area contributed by atoms with Crippen LogP contribution in [0, 0.1) is 16.0 Å². The molecule has 0 amide bonds. The highest BCUT2D eigenvalue weighted by Gasteiger charge is 2.34. The second-order valence-electron chi connectivity index (χ2n) is 3.90. The molecular formula is C9H13N5O2. The van der Waals surface area contributed by atoms with Gasteiger partial charge in [0, 0.05) is 13.1 Å². The zero-order chi connectivity index (χ0) is 11.7. The summed E-state index contributed by atoms with van der Waals surface area (Å²) in [6.45, 7) is 2.09. The first-order chi connectivity index (χ1) is 7.61. The molecule has 2 rings (SSSR count). The number of nitrogens with one attached hydrogen (secondary N) is 2. The third kappa shape index (κ3) is 2.02. The molecule has 1 aliphatic carbocycles. The molecule has 2 unspecified atom stereocenters. The largest absolute Gasteiger partial charge is 0.361 e. The van der Waals surface area contributed by atoms with Crippen molar-refractivity contribution in [3.63, 3.8) is 0 Å². The molecule has 2 atom stereocenters. The van der Waals surface area contributed by atoms with Crippen LogP contribution in [0.4, 0.5) is 17.5 Å². The molecule has 0 aliphatic heterocycles. The summed E-state index contributed by atoms with van der Waals surface area (Å²) < 4.78 is 0. The van der Waals surface area contributed by atoms with Crippen LogP contribution in [0.15, 0.2) is 6.20 Å². The van der Waals surface area contributed by atoms with Crippen molar-refractivity contribution in [1.82, 2.24) is 9.97 Å². The Bertz CT molecular complexity index is 422. The van der Waals surface area contributed by atoms with Crippen molar-refractivity contribution in [2.45, 2.75) is 19.4 Å². The monoisotopic (exact) mass is 223 g/mol. The number of nitrogens with zero attached hydrogens (tertiary/aromatic N) is 3. The third-order valence-electron chi connectivity index (χ3n) is 2.62. The lowest BCUT2D eigenvalue weighted by atomic mass is 10.4. The second-order valence-corrected chi connectivity index (χ2v) is 3.90. The van der Waals surface area contributed by atoms with Gasteiger partial charge in [0.1, 0.15) is 6.20 Å². The van der Waals surface area contributed by atoms with Gasteiger partial charge in [0.05, 0.1) is 4.92 Å². The maximum atomic E-state index is 10.8. The van der Waals surface area contributed by atoms with E-state index in [9.17, 15) is 10.1 Å². The second kappa shape index (κ2) is 3.92. The minimum absolute atomic E-state index is 0.0851. The van der Waals surface area contributed by atoms with Crippen molar-refractivity contribution < 1.29 is 4.92 Å². The zero-order valence-corrected chi connectivity index (χ0v) is 9.10. The first-order valence-corrected chi connectivity index (χ1v) is 5.07. The van der Waals surface area contributed by atoms with Crippen LogP contribution < -0.4 is 10.6 Å². The van der Waals surface area contributed by atoms with E-state index < -0.39 is 4.92 Å². The Morgan fingerprint density at radius 2 is 2.31 bits per heavy atom. The summed E-state index contributed by atoms with van der Waals surface area (Å²) in [5.41, 5.74) is -0.0851. The molecule has 0 aromatic carbocycles. The molecule has 0 spiro atoms. The minimum atomic E-state index is -0.477. The van der Waals surface area contributed by atoms with Gasteiger partial charge in [0.2, 0.25) is 11.8 Å². The van der Waals surface area contributed by atoms with Crippen molar-refractivity contribution in [3.05, 3.63) is 16.3 Å². The molecule has 1 heterocycles. The van der Waals surface area contributed by atoms with Gasteiger partial charge in [0.15, 0.2) is 0 Å². The van der Waals surface area contributed by atoms with Gasteiger partial charge in [-0.25, -0.2) is 4.98 Å². The van der Waals surface area contributed by atoms with E-state index in [0.29, 0.717) is 23.7 Å². The lowest BCUT2D eigenvalue weighted by Gasteiger charge is -2.06. The van der Waals surface area contributed by atoms with Gasteiger partial charge in [-0.1, -0.05) is 6.92 Å². The fraction of sp³-hybridized carbons (Fsp3) is 0.556. The molecule has 1 saturated carbocycles. The molecule has 0 saturated heterocycles. The Hall–Kier alpha value is -1.92. The van der Waals surface area contributed by atoms with Gasteiger partial charge in [-0.15, -0.1) is 0 Å². The zero-order valence-electron chi connectivity index (χ0n) is 9.10. The highest BCUT2D eigenvalue weighted by Crippen LogP contribution is 2.34. The van der Waals surface area contributed by atoms with Crippen LogP contribution in [0.2, 0.25) is 0 Å². The van der Waals surface area contributed by atoms with Gasteiger partial charge in [-0.2, -0.15) is 4.98 Å². The quantitative estimate of drug-likeness (QED) is 0.589. The standard InChI is InChI=1S/C9H13N5O2/c1-5-3-6(5)12-8-7(14(15)16)4-11-9(10-2)13-8/h4-6H,3H2,1-2H3,(H2,10,11,12,13). The van der Waals surface area contributed by atoms with Gasteiger partial charge < -0.3 is 10.6 Å². The molecule has 16 heavy (non-hydrogen) atoms. The molecule has 1 aromatic heterocycles. The number of hydrogen-bond donors (Lipinski definition) is 2. The van der Waals surface area contributed by atoms with Gasteiger partial charge in [0.25, 0.3) is 0 Å². The van der Waals surface area contributed by atoms with Gasteiger partial charge in [-0.05, 0) is 12.3 Å². The van der Waals surface area contributed by atoms with E-state index in [4.69, 9.17) is 0 Å². The van der Waals surface area contributed by atoms with E-state index in [1.807, 2.05) is 0 Å².